The lowest BCUT2D eigenvalue weighted by atomic mass is 9.90. The van der Waals surface area contributed by atoms with E-state index in [0.29, 0.717) is 17.5 Å². The molecule has 0 saturated heterocycles. The fourth-order valence-electron chi connectivity index (χ4n) is 4.81. The first-order valence-corrected chi connectivity index (χ1v) is 12.0. The van der Waals surface area contributed by atoms with Crippen LogP contribution in [0.4, 0.5) is 5.13 Å². The molecular weight excluding hydrogens is 408 g/mol. The van der Waals surface area contributed by atoms with E-state index in [4.69, 9.17) is 0 Å². The van der Waals surface area contributed by atoms with E-state index in [1.54, 1.807) is 10.6 Å². The summed E-state index contributed by atoms with van der Waals surface area (Å²) in [5.74, 6) is 0.231. The molecule has 0 bridgehead atoms. The molecule has 1 aliphatic carbocycles. The monoisotopic (exact) mass is 438 g/mol. The first-order chi connectivity index (χ1) is 14.9. The van der Waals surface area contributed by atoms with Crippen LogP contribution in [0.15, 0.2) is 23.0 Å². The van der Waals surface area contributed by atoms with Crippen molar-refractivity contribution in [3.63, 3.8) is 0 Å². The molecule has 4 rings (SSSR count). The van der Waals surface area contributed by atoms with E-state index in [0.717, 1.165) is 45.4 Å². The van der Waals surface area contributed by atoms with Crippen LogP contribution in [0.3, 0.4) is 0 Å². The van der Waals surface area contributed by atoms with Crippen molar-refractivity contribution >= 4 is 33.3 Å². The summed E-state index contributed by atoms with van der Waals surface area (Å²) in [6.45, 7) is 7.92. The fraction of sp³-hybridized carbons (Fsp3) is 0.500. The van der Waals surface area contributed by atoms with Gasteiger partial charge in [-0.3, -0.25) is 19.5 Å². The highest BCUT2D eigenvalue weighted by Crippen LogP contribution is 2.35. The van der Waals surface area contributed by atoms with Gasteiger partial charge in [0.05, 0.1) is 5.52 Å². The number of nitrogens with zero attached hydrogens (tertiary/aromatic N) is 3. The summed E-state index contributed by atoms with van der Waals surface area (Å²) in [4.78, 5) is 26.3. The van der Waals surface area contributed by atoms with Crippen LogP contribution in [0.1, 0.15) is 79.1 Å². The molecule has 1 amide bonds. The molecule has 3 aromatic rings. The Morgan fingerprint density at radius 1 is 1.13 bits per heavy atom. The summed E-state index contributed by atoms with van der Waals surface area (Å²) in [7, 11) is 0. The van der Waals surface area contributed by atoms with Gasteiger partial charge in [0.2, 0.25) is 11.0 Å². The smallest absolute Gasteiger partial charge is 0.252 e. The van der Waals surface area contributed by atoms with Crippen molar-refractivity contribution in [2.75, 3.05) is 5.32 Å². The minimum atomic E-state index is -0.612. The standard InChI is InChI=1S/C24H30N4O2S/c1-5-19(22(30)25-24-27-26-23(31-24)17-9-7-6-8-10-17)28-20(29)13-15(3)18-12-14(2)11-16(4)21(18)28/h11-13,17,19H,5-10H2,1-4H3,(H,25,27,30). The number of rotatable bonds is 5. The quantitative estimate of drug-likeness (QED) is 0.577. The van der Waals surface area contributed by atoms with E-state index in [9.17, 15) is 9.59 Å². The van der Waals surface area contributed by atoms with Gasteiger partial charge in [-0.1, -0.05) is 49.2 Å². The molecule has 164 valence electrons. The third-order valence-electron chi connectivity index (χ3n) is 6.31. The summed E-state index contributed by atoms with van der Waals surface area (Å²) in [6.07, 6.45) is 6.53. The van der Waals surface area contributed by atoms with Crippen LogP contribution in [0.2, 0.25) is 0 Å². The Bertz CT molecular complexity index is 1170. The number of carbonyl (C=O) groups is 1. The van der Waals surface area contributed by atoms with Crippen molar-refractivity contribution in [3.8, 4) is 0 Å². The average Bonchev–Trinajstić information content (AvgIpc) is 3.20. The molecule has 0 spiro atoms. The van der Waals surface area contributed by atoms with Crippen molar-refractivity contribution in [2.24, 2.45) is 0 Å². The first kappa shape index (κ1) is 21.7. The fourth-order valence-corrected chi connectivity index (χ4v) is 5.72. The van der Waals surface area contributed by atoms with Gasteiger partial charge in [-0.25, -0.2) is 0 Å². The van der Waals surface area contributed by atoms with Crippen LogP contribution >= 0.6 is 11.3 Å². The van der Waals surface area contributed by atoms with E-state index in [2.05, 4.69) is 27.6 Å². The zero-order valence-corrected chi connectivity index (χ0v) is 19.5. The Hall–Kier alpha value is -2.54. The van der Waals surface area contributed by atoms with Crippen LogP contribution in [0.25, 0.3) is 10.9 Å². The first-order valence-electron chi connectivity index (χ1n) is 11.2. The molecule has 1 N–H and O–H groups in total. The molecule has 0 radical (unpaired) electrons. The van der Waals surface area contributed by atoms with Crippen molar-refractivity contribution in [2.45, 2.75) is 78.2 Å². The Morgan fingerprint density at radius 3 is 2.58 bits per heavy atom. The average molecular weight is 439 g/mol. The van der Waals surface area contributed by atoms with Crippen molar-refractivity contribution in [1.82, 2.24) is 14.8 Å². The number of amides is 1. The maximum Gasteiger partial charge on any atom is 0.252 e. The number of benzene rings is 1. The number of fused-ring (bicyclic) bond motifs is 1. The largest absolute Gasteiger partial charge is 0.299 e. The second-order valence-corrected chi connectivity index (χ2v) is 9.72. The van der Waals surface area contributed by atoms with Gasteiger partial charge in [0.15, 0.2) is 0 Å². The lowest BCUT2D eigenvalue weighted by Crippen LogP contribution is -2.33. The number of anilines is 1. The van der Waals surface area contributed by atoms with Crippen molar-refractivity contribution in [1.29, 1.82) is 0 Å². The molecule has 1 fully saturated rings. The predicted octanol–water partition coefficient (Wildman–Crippen LogP) is 5.42. The van der Waals surface area contributed by atoms with Gasteiger partial charge < -0.3 is 0 Å². The minimum Gasteiger partial charge on any atom is -0.299 e. The Labute approximate surface area is 186 Å². The lowest BCUT2D eigenvalue weighted by Gasteiger charge is -2.22. The Kier molecular flexibility index (Phi) is 6.23. The van der Waals surface area contributed by atoms with Gasteiger partial charge in [0, 0.05) is 17.4 Å². The molecule has 2 aromatic heterocycles. The normalized spacial score (nSPS) is 15.9. The summed E-state index contributed by atoms with van der Waals surface area (Å²) >= 11 is 1.46. The van der Waals surface area contributed by atoms with Crippen LogP contribution in [0, 0.1) is 20.8 Å². The number of hydrogen-bond donors (Lipinski definition) is 1. The number of carbonyl (C=O) groups excluding carboxylic acids is 1. The van der Waals surface area contributed by atoms with E-state index in [1.807, 2.05) is 27.7 Å². The molecular formula is C24H30N4O2S. The third-order valence-corrected chi connectivity index (χ3v) is 7.32. The van der Waals surface area contributed by atoms with E-state index in [-0.39, 0.29) is 11.5 Å². The molecule has 1 atom stereocenters. The number of pyridine rings is 1. The van der Waals surface area contributed by atoms with E-state index in [1.165, 1.54) is 30.6 Å². The molecule has 0 aliphatic heterocycles. The van der Waals surface area contributed by atoms with Gasteiger partial charge in [-0.2, -0.15) is 0 Å². The molecule has 1 aromatic carbocycles. The van der Waals surface area contributed by atoms with Crippen molar-refractivity contribution < 1.29 is 4.79 Å². The summed E-state index contributed by atoms with van der Waals surface area (Å²) < 4.78 is 1.65. The zero-order chi connectivity index (χ0) is 22.1. The molecule has 1 aliphatic rings. The maximum absolute atomic E-state index is 13.3. The Morgan fingerprint density at radius 2 is 1.87 bits per heavy atom. The van der Waals surface area contributed by atoms with Gasteiger partial charge in [0.1, 0.15) is 11.0 Å². The third kappa shape index (κ3) is 4.28. The SMILES string of the molecule is CCC(C(=O)Nc1nnc(C2CCCCC2)s1)n1c(=O)cc(C)c2cc(C)cc(C)c21. The second kappa shape index (κ2) is 8.91. The number of hydrogen-bond acceptors (Lipinski definition) is 5. The van der Waals surface area contributed by atoms with E-state index >= 15 is 0 Å². The number of aromatic nitrogens is 3. The lowest BCUT2D eigenvalue weighted by molar-refractivity contribution is -0.119. The molecule has 1 unspecified atom stereocenters. The maximum atomic E-state index is 13.3. The number of nitrogens with one attached hydrogen (secondary N) is 1. The van der Waals surface area contributed by atoms with Crippen molar-refractivity contribution in [3.05, 3.63) is 50.3 Å². The second-order valence-electron chi connectivity index (χ2n) is 8.71. The van der Waals surface area contributed by atoms with Gasteiger partial charge >= 0.3 is 0 Å². The molecule has 31 heavy (non-hydrogen) atoms. The van der Waals surface area contributed by atoms with Gasteiger partial charge in [-0.05, 0) is 57.2 Å². The van der Waals surface area contributed by atoms with Crippen LogP contribution < -0.4 is 10.9 Å². The summed E-state index contributed by atoms with van der Waals surface area (Å²) in [5, 5.41) is 14.0. The highest BCUT2D eigenvalue weighted by Gasteiger charge is 2.25. The minimum absolute atomic E-state index is 0.154. The van der Waals surface area contributed by atoms with Crippen LogP contribution in [-0.4, -0.2) is 20.7 Å². The van der Waals surface area contributed by atoms with Gasteiger partial charge in [-0.15, -0.1) is 10.2 Å². The molecule has 1 saturated carbocycles. The van der Waals surface area contributed by atoms with E-state index < -0.39 is 6.04 Å². The molecule has 2 heterocycles. The zero-order valence-electron chi connectivity index (χ0n) is 18.7. The highest BCUT2D eigenvalue weighted by molar-refractivity contribution is 7.15. The molecule has 7 heteroatoms. The predicted molar refractivity (Wildman–Crippen MR) is 126 cm³/mol. The van der Waals surface area contributed by atoms with Crippen LogP contribution in [0.5, 0.6) is 0 Å². The molecule has 6 nitrogen and oxygen atoms in total. The van der Waals surface area contributed by atoms with Crippen LogP contribution in [-0.2, 0) is 4.79 Å². The Balaban J connectivity index is 1.66. The van der Waals surface area contributed by atoms with Gasteiger partial charge in [0.25, 0.3) is 5.56 Å². The topological polar surface area (TPSA) is 76.9 Å². The highest BCUT2D eigenvalue weighted by atomic mass is 32.1. The summed E-state index contributed by atoms with van der Waals surface area (Å²) in [5.41, 5.74) is 3.74. The summed E-state index contributed by atoms with van der Waals surface area (Å²) in [6, 6.07) is 5.16. The number of aryl methyl sites for hydroxylation is 3.